The number of benzene rings is 3. The van der Waals surface area contributed by atoms with Crippen LogP contribution in [-0.4, -0.2) is 197 Å². The second-order valence-corrected chi connectivity index (χ2v) is 18.1. The molecule has 0 amide bonds. The smallest absolute Gasteiger partial charge is 0.514 e. The monoisotopic (exact) mass is 1020 g/mol. The molecular formula is C39H52ClNNa3O18S3. The van der Waals surface area contributed by atoms with Crippen molar-refractivity contribution in [1.82, 2.24) is 0 Å². The molecule has 19 nitrogen and oxygen atoms in total. The van der Waals surface area contributed by atoms with Gasteiger partial charge >= 0.3 is 18.5 Å². The van der Waals surface area contributed by atoms with Crippen molar-refractivity contribution in [2.45, 2.75) is 85.8 Å². The van der Waals surface area contributed by atoms with Crippen LogP contribution in [0.5, 0.6) is 17.2 Å². The molecule has 3 aromatic rings. The molecule has 65 heavy (non-hydrogen) atoms. The predicted octanol–water partition coefficient (Wildman–Crippen LogP) is 2.97. The summed E-state index contributed by atoms with van der Waals surface area (Å²) in [5.74, 6) is -0.201. The minimum absolute atomic E-state index is 0. The van der Waals surface area contributed by atoms with E-state index in [-0.39, 0.29) is 162 Å². The van der Waals surface area contributed by atoms with Crippen LogP contribution >= 0.6 is 0 Å². The molecule has 0 atom stereocenters. The maximum absolute atomic E-state index is 12.6. The Balaban J connectivity index is 0. The Labute approximate surface area is 453 Å². The van der Waals surface area contributed by atoms with Gasteiger partial charge in [0.15, 0.2) is 0 Å². The number of hydrogen-bond donors (Lipinski definition) is 3. The SMILES string of the molecule is CCCCCCCCCCCC[N+](CCOC(=O)Oc1ccc(S(=O)(=O)O)cc1)(CCOC(=O)Oc1ccc(S(=O)(=O)O)cc1)CCOC(=O)Oc1ccc(S(=O)(=O)O)cc1.[Cl-].[Na].[Na].[Na]. The van der Waals surface area contributed by atoms with Gasteiger partial charge in [0.05, 0.1) is 21.2 Å². The van der Waals surface area contributed by atoms with Crippen molar-refractivity contribution in [2.75, 3.05) is 46.0 Å². The molecule has 3 aromatic carbocycles. The number of carbonyl (C=O) groups excluding carboxylic acids is 3. The molecule has 0 bridgehead atoms. The summed E-state index contributed by atoms with van der Waals surface area (Å²) >= 11 is 0. The molecule has 26 heteroatoms. The molecule has 0 aliphatic carbocycles. The van der Waals surface area contributed by atoms with Crippen LogP contribution in [0.4, 0.5) is 14.4 Å². The first-order valence-corrected chi connectivity index (χ1v) is 23.7. The summed E-state index contributed by atoms with van der Waals surface area (Å²) in [6, 6.07) is 13.1. The second kappa shape index (κ2) is 33.1. The van der Waals surface area contributed by atoms with Crippen molar-refractivity contribution in [3.63, 3.8) is 0 Å². The van der Waals surface area contributed by atoms with Crippen LogP contribution in [0.1, 0.15) is 71.1 Å². The first-order chi connectivity index (χ1) is 28.8. The molecule has 0 unspecified atom stereocenters. The van der Waals surface area contributed by atoms with Crippen LogP contribution in [0.3, 0.4) is 0 Å². The minimum atomic E-state index is -4.48. The van der Waals surface area contributed by atoms with E-state index in [1.54, 1.807) is 0 Å². The maximum atomic E-state index is 12.6. The number of hydrogen-bond acceptors (Lipinski definition) is 15. The summed E-state index contributed by atoms with van der Waals surface area (Å²) in [5.41, 5.74) is 0. The van der Waals surface area contributed by atoms with Crippen molar-refractivity contribution in [3.8, 4) is 17.2 Å². The van der Waals surface area contributed by atoms with Crippen LogP contribution in [-0.2, 0) is 44.6 Å². The Bertz CT molecular complexity index is 1970. The van der Waals surface area contributed by atoms with E-state index in [2.05, 4.69) is 6.92 Å². The third-order valence-electron chi connectivity index (χ3n) is 9.31. The molecule has 3 N–H and O–H groups in total. The van der Waals surface area contributed by atoms with E-state index in [9.17, 15) is 53.3 Å². The summed E-state index contributed by atoms with van der Waals surface area (Å²) < 4.78 is 127. The Morgan fingerprint density at radius 2 is 0.677 bits per heavy atom. The van der Waals surface area contributed by atoms with Crippen molar-refractivity contribution >= 4 is 137 Å². The van der Waals surface area contributed by atoms with Gasteiger partial charge < -0.3 is 45.3 Å². The van der Waals surface area contributed by atoms with Gasteiger partial charge in [0.2, 0.25) is 0 Å². The van der Waals surface area contributed by atoms with E-state index in [4.69, 9.17) is 28.4 Å². The average Bonchev–Trinajstić information content (AvgIpc) is 3.18. The number of quaternary nitrogens is 1. The fourth-order valence-corrected chi connectivity index (χ4v) is 7.43. The zero-order valence-electron chi connectivity index (χ0n) is 37.0. The third kappa shape index (κ3) is 26.7. The number of rotatable bonds is 26. The quantitative estimate of drug-likeness (QED) is 0.0198. The standard InChI is InChI=1S/C39H51NO18S3.ClH.3Na/c1-2-3-4-5-6-7-8-9-10-11-24-40(25-28-53-37(41)56-31-12-18-34(19-13-31)59(44,45)46,26-29-54-38(42)57-32-14-20-35(21-15-32)60(47,48)49)27-30-55-39(43)58-33-16-22-36(23-17-33)61(50,51)52;;;;/h12-23H,2-11,24-30H2,1H3,(H2-,44,45,46,47,48,49,50,51,52);1H;;;. The third-order valence-corrected chi connectivity index (χ3v) is 11.9. The first-order valence-electron chi connectivity index (χ1n) is 19.4. The normalized spacial score (nSPS) is 11.3. The van der Waals surface area contributed by atoms with E-state index in [0.29, 0.717) is 13.0 Å². The van der Waals surface area contributed by atoms with E-state index < -0.39 is 63.5 Å². The second-order valence-electron chi connectivity index (χ2n) is 13.9. The Morgan fingerprint density at radius 1 is 0.431 bits per heavy atom. The van der Waals surface area contributed by atoms with Gasteiger partial charge in [-0.2, -0.15) is 25.3 Å². The van der Waals surface area contributed by atoms with E-state index in [0.717, 1.165) is 105 Å². The van der Waals surface area contributed by atoms with Crippen LogP contribution < -0.4 is 26.6 Å². The average molecular weight is 1020 g/mol. The van der Waals surface area contributed by atoms with Crippen molar-refractivity contribution in [2.24, 2.45) is 0 Å². The molecule has 0 aromatic heterocycles. The van der Waals surface area contributed by atoms with Gasteiger partial charge in [0.25, 0.3) is 30.4 Å². The molecule has 0 spiro atoms. The molecule has 0 heterocycles. The summed E-state index contributed by atoms with van der Waals surface area (Å²) in [6.07, 6.45) is 7.12. The van der Waals surface area contributed by atoms with Gasteiger partial charge in [0.1, 0.15) is 56.7 Å². The molecule has 0 aliphatic rings. The van der Waals surface area contributed by atoms with E-state index in [1.165, 1.54) is 25.7 Å². The fraction of sp³-hybridized carbons (Fsp3) is 0.462. The van der Waals surface area contributed by atoms with Crippen molar-refractivity contribution in [1.29, 1.82) is 0 Å². The molecule has 3 radical (unpaired) electrons. The molecule has 3 rings (SSSR count). The summed E-state index contributed by atoms with van der Waals surface area (Å²) in [6.45, 7) is 2.17. The number of ether oxygens (including phenoxy) is 6. The predicted molar refractivity (Wildman–Crippen MR) is 234 cm³/mol. The number of unbranched alkanes of at least 4 members (excludes halogenated alkanes) is 9. The van der Waals surface area contributed by atoms with Crippen LogP contribution in [0, 0.1) is 0 Å². The summed E-state index contributed by atoms with van der Waals surface area (Å²) in [7, 11) is -13.4. The summed E-state index contributed by atoms with van der Waals surface area (Å²) in [5, 5.41) is 0. The molecular weight excluding hydrogens is 971 g/mol. The molecule has 0 saturated heterocycles. The molecule has 349 valence electrons. The van der Waals surface area contributed by atoms with Gasteiger partial charge in [-0.3, -0.25) is 13.7 Å². The Hall–Kier alpha value is -1.55. The van der Waals surface area contributed by atoms with E-state index >= 15 is 0 Å². The molecule has 0 fully saturated rings. The maximum Gasteiger partial charge on any atom is 0.514 e. The largest absolute Gasteiger partial charge is 1.00 e. The van der Waals surface area contributed by atoms with Gasteiger partial charge in [-0.15, -0.1) is 0 Å². The number of carbonyl (C=O) groups is 3. The molecule has 0 aliphatic heterocycles. The molecule has 0 saturated carbocycles. The number of halogens is 1. The van der Waals surface area contributed by atoms with Crippen molar-refractivity contribution < 1.29 is 98.6 Å². The van der Waals surface area contributed by atoms with Crippen molar-refractivity contribution in [3.05, 3.63) is 72.8 Å². The Kier molecular flexibility index (Phi) is 33.3. The zero-order chi connectivity index (χ0) is 44.9. The van der Waals surface area contributed by atoms with Gasteiger partial charge in [0, 0.05) is 88.7 Å². The summed E-state index contributed by atoms with van der Waals surface area (Å²) in [4.78, 5) is 36.7. The fourth-order valence-electron chi connectivity index (χ4n) is 5.99. The topological polar surface area (TPSA) is 270 Å². The zero-order valence-corrected chi connectivity index (χ0v) is 46.2. The van der Waals surface area contributed by atoms with Crippen LogP contribution in [0.2, 0.25) is 0 Å². The first kappa shape index (κ1) is 65.5. The Morgan fingerprint density at radius 3 is 0.923 bits per heavy atom. The van der Waals surface area contributed by atoms with E-state index in [1.807, 2.05) is 0 Å². The number of nitrogens with zero attached hydrogens (tertiary/aromatic N) is 1. The van der Waals surface area contributed by atoms with Crippen LogP contribution in [0.15, 0.2) is 87.5 Å². The minimum Gasteiger partial charge on any atom is -1.00 e. The van der Waals surface area contributed by atoms with Crippen LogP contribution in [0.25, 0.3) is 0 Å². The van der Waals surface area contributed by atoms with Gasteiger partial charge in [-0.05, 0) is 85.6 Å². The van der Waals surface area contributed by atoms with Gasteiger partial charge in [-0.25, -0.2) is 14.4 Å². The van der Waals surface area contributed by atoms with Gasteiger partial charge in [-0.1, -0.05) is 58.3 Å².